The van der Waals surface area contributed by atoms with Gasteiger partial charge in [0.1, 0.15) is 5.75 Å². The van der Waals surface area contributed by atoms with Gasteiger partial charge in [0.05, 0.1) is 18.5 Å². The first-order valence-electron chi connectivity index (χ1n) is 8.30. The standard InChI is InChI=1S/C16H20N4O4S3/c1-4-7-25-16-19-18-15(26-16)17-14(21)13-9-20(27(3,22)23)11-8-10(2)5-6-12(11)24-13/h5-6,8,13H,4,7,9H2,1-3H3,(H,17,18,21). The molecule has 2 heterocycles. The van der Waals surface area contributed by atoms with Crippen LogP contribution in [0.25, 0.3) is 0 Å². The van der Waals surface area contributed by atoms with E-state index in [0.717, 1.165) is 28.3 Å². The van der Waals surface area contributed by atoms with Crippen LogP contribution in [0.4, 0.5) is 10.8 Å². The predicted octanol–water partition coefficient (Wildman–Crippen LogP) is 2.51. The highest BCUT2D eigenvalue weighted by Gasteiger charge is 2.35. The number of hydrogen-bond donors (Lipinski definition) is 1. The first kappa shape index (κ1) is 19.9. The maximum atomic E-state index is 12.6. The van der Waals surface area contributed by atoms with Crippen LogP contribution < -0.4 is 14.4 Å². The van der Waals surface area contributed by atoms with E-state index in [-0.39, 0.29) is 6.54 Å². The Labute approximate surface area is 166 Å². The van der Waals surface area contributed by atoms with Gasteiger partial charge in [-0.2, -0.15) is 0 Å². The number of fused-ring (bicyclic) bond motifs is 1. The Kier molecular flexibility index (Phi) is 5.92. The lowest BCUT2D eigenvalue weighted by Gasteiger charge is -2.34. The number of hydrogen-bond acceptors (Lipinski definition) is 8. The van der Waals surface area contributed by atoms with Gasteiger partial charge in [-0.15, -0.1) is 10.2 Å². The van der Waals surface area contributed by atoms with Gasteiger partial charge in [-0.3, -0.25) is 14.4 Å². The Bertz CT molecular complexity index is 945. The van der Waals surface area contributed by atoms with E-state index in [1.807, 2.05) is 13.0 Å². The molecule has 0 fully saturated rings. The molecule has 2 aromatic rings. The molecule has 1 N–H and O–H groups in total. The molecule has 0 saturated carbocycles. The molecule has 0 bridgehead atoms. The molecule has 8 nitrogen and oxygen atoms in total. The van der Waals surface area contributed by atoms with Gasteiger partial charge in [0, 0.05) is 5.75 Å². The second-order valence-electron chi connectivity index (χ2n) is 6.08. The molecule has 1 aromatic heterocycles. The molecule has 146 valence electrons. The SMILES string of the molecule is CCCSc1nnc(NC(=O)C2CN(S(C)(=O)=O)c3cc(C)ccc3O2)s1. The van der Waals surface area contributed by atoms with Gasteiger partial charge in [-0.05, 0) is 31.0 Å². The minimum atomic E-state index is -3.56. The van der Waals surface area contributed by atoms with Crippen LogP contribution in [0.5, 0.6) is 5.75 Å². The maximum Gasteiger partial charge on any atom is 0.269 e. The monoisotopic (exact) mass is 428 g/mol. The van der Waals surface area contributed by atoms with E-state index in [1.54, 1.807) is 23.9 Å². The number of thioether (sulfide) groups is 1. The van der Waals surface area contributed by atoms with Crippen LogP contribution in [0.2, 0.25) is 0 Å². The van der Waals surface area contributed by atoms with Crippen molar-refractivity contribution in [2.24, 2.45) is 0 Å². The lowest BCUT2D eigenvalue weighted by molar-refractivity contribution is -0.122. The van der Waals surface area contributed by atoms with E-state index in [0.29, 0.717) is 16.6 Å². The number of rotatable bonds is 6. The number of aryl methyl sites for hydroxylation is 1. The fourth-order valence-corrected chi connectivity index (χ4v) is 5.09. The van der Waals surface area contributed by atoms with Crippen LogP contribution in [0, 0.1) is 6.92 Å². The summed E-state index contributed by atoms with van der Waals surface area (Å²) in [6, 6.07) is 5.21. The molecule has 1 amide bonds. The largest absolute Gasteiger partial charge is 0.476 e. The summed E-state index contributed by atoms with van der Waals surface area (Å²) < 4.78 is 32.1. The van der Waals surface area contributed by atoms with Gasteiger partial charge < -0.3 is 4.74 Å². The summed E-state index contributed by atoms with van der Waals surface area (Å²) in [7, 11) is -3.56. The Morgan fingerprint density at radius 1 is 1.44 bits per heavy atom. The lowest BCUT2D eigenvalue weighted by Crippen LogP contribution is -2.48. The van der Waals surface area contributed by atoms with Gasteiger partial charge in [0.25, 0.3) is 5.91 Å². The van der Waals surface area contributed by atoms with Crippen molar-refractivity contribution in [3.63, 3.8) is 0 Å². The Balaban J connectivity index is 1.78. The third-order valence-corrected chi connectivity index (χ3v) is 7.07. The van der Waals surface area contributed by atoms with Crippen molar-refractivity contribution in [1.82, 2.24) is 10.2 Å². The van der Waals surface area contributed by atoms with E-state index in [4.69, 9.17) is 4.74 Å². The van der Waals surface area contributed by atoms with Crippen LogP contribution >= 0.6 is 23.1 Å². The first-order chi connectivity index (χ1) is 12.8. The molecular formula is C16H20N4O4S3. The number of benzene rings is 1. The van der Waals surface area contributed by atoms with Crippen molar-refractivity contribution in [3.8, 4) is 5.75 Å². The molecule has 1 unspecified atom stereocenters. The summed E-state index contributed by atoms with van der Waals surface area (Å²) in [5.41, 5.74) is 1.34. The van der Waals surface area contributed by atoms with Crippen LogP contribution in [0.3, 0.4) is 0 Å². The fourth-order valence-electron chi connectivity index (χ4n) is 2.51. The van der Waals surface area contributed by atoms with Crippen LogP contribution in [-0.2, 0) is 14.8 Å². The molecule has 0 aliphatic carbocycles. The highest BCUT2D eigenvalue weighted by molar-refractivity contribution is 8.01. The molecular weight excluding hydrogens is 408 g/mol. The summed E-state index contributed by atoms with van der Waals surface area (Å²) in [6.07, 6.45) is 1.15. The Morgan fingerprint density at radius 3 is 2.93 bits per heavy atom. The van der Waals surface area contributed by atoms with E-state index >= 15 is 0 Å². The molecule has 1 aliphatic rings. The number of carbonyl (C=O) groups excluding carboxylic acids is 1. The second-order valence-corrected chi connectivity index (χ2v) is 10.3. The zero-order valence-corrected chi connectivity index (χ0v) is 17.6. The molecule has 0 saturated heterocycles. The topological polar surface area (TPSA) is 101 Å². The first-order valence-corrected chi connectivity index (χ1v) is 11.9. The van der Waals surface area contributed by atoms with E-state index in [1.165, 1.54) is 15.6 Å². The number of nitrogens with one attached hydrogen (secondary N) is 1. The summed E-state index contributed by atoms with van der Waals surface area (Å²) in [4.78, 5) is 12.6. The summed E-state index contributed by atoms with van der Waals surface area (Å²) >= 11 is 2.85. The van der Waals surface area contributed by atoms with Crippen molar-refractivity contribution in [2.45, 2.75) is 30.7 Å². The van der Waals surface area contributed by atoms with Crippen molar-refractivity contribution in [1.29, 1.82) is 0 Å². The van der Waals surface area contributed by atoms with Crippen molar-refractivity contribution >= 4 is 49.8 Å². The molecule has 0 radical (unpaired) electrons. The average molecular weight is 429 g/mol. The third kappa shape index (κ3) is 4.71. The zero-order chi connectivity index (χ0) is 19.6. The highest BCUT2D eigenvalue weighted by Crippen LogP contribution is 2.36. The molecule has 11 heteroatoms. The van der Waals surface area contributed by atoms with E-state index in [2.05, 4.69) is 22.4 Å². The van der Waals surface area contributed by atoms with E-state index in [9.17, 15) is 13.2 Å². The molecule has 1 aliphatic heterocycles. The second kappa shape index (κ2) is 8.03. The molecule has 0 spiro atoms. The quantitative estimate of drug-likeness (QED) is 0.557. The van der Waals surface area contributed by atoms with Crippen molar-refractivity contribution in [2.75, 3.05) is 28.2 Å². The van der Waals surface area contributed by atoms with Crippen LogP contribution in [-0.4, -0.2) is 49.2 Å². The summed E-state index contributed by atoms with van der Waals surface area (Å²) in [5, 5.41) is 11.0. The maximum absolute atomic E-state index is 12.6. The van der Waals surface area contributed by atoms with Gasteiger partial charge in [-0.25, -0.2) is 8.42 Å². The fraction of sp³-hybridized carbons (Fsp3) is 0.438. The smallest absolute Gasteiger partial charge is 0.269 e. The van der Waals surface area contributed by atoms with Gasteiger partial charge in [0.2, 0.25) is 15.2 Å². The van der Waals surface area contributed by atoms with Gasteiger partial charge in [-0.1, -0.05) is 36.1 Å². The van der Waals surface area contributed by atoms with Crippen LogP contribution in [0.1, 0.15) is 18.9 Å². The highest BCUT2D eigenvalue weighted by atomic mass is 32.2. The number of anilines is 2. The van der Waals surface area contributed by atoms with Crippen molar-refractivity contribution < 1.29 is 17.9 Å². The van der Waals surface area contributed by atoms with E-state index < -0.39 is 22.0 Å². The number of sulfonamides is 1. The third-order valence-electron chi connectivity index (χ3n) is 3.74. The lowest BCUT2D eigenvalue weighted by atomic mass is 10.1. The minimum Gasteiger partial charge on any atom is -0.476 e. The number of aromatic nitrogens is 2. The number of nitrogens with zero attached hydrogens (tertiary/aromatic N) is 3. The van der Waals surface area contributed by atoms with Gasteiger partial charge in [0.15, 0.2) is 10.4 Å². The Hall–Kier alpha value is -1.85. The molecule has 27 heavy (non-hydrogen) atoms. The predicted molar refractivity (Wildman–Crippen MR) is 107 cm³/mol. The molecule has 1 atom stereocenters. The average Bonchev–Trinajstić information content (AvgIpc) is 3.05. The minimum absolute atomic E-state index is 0.0998. The zero-order valence-electron chi connectivity index (χ0n) is 15.1. The number of amides is 1. The number of carbonyl (C=O) groups is 1. The molecule has 3 rings (SSSR count). The van der Waals surface area contributed by atoms with Crippen molar-refractivity contribution in [3.05, 3.63) is 23.8 Å². The van der Waals surface area contributed by atoms with Gasteiger partial charge >= 0.3 is 0 Å². The van der Waals surface area contributed by atoms with Crippen LogP contribution in [0.15, 0.2) is 22.5 Å². The summed E-state index contributed by atoms with van der Waals surface area (Å²) in [6.45, 7) is 3.84. The Morgan fingerprint density at radius 2 is 2.22 bits per heavy atom. The normalized spacial score (nSPS) is 16.6. The number of ether oxygens (including phenoxy) is 1. The summed E-state index contributed by atoms with van der Waals surface area (Å²) in [5.74, 6) is 0.820. The molecule has 1 aromatic carbocycles.